The number of ketones is 2. The van der Waals surface area contributed by atoms with Gasteiger partial charge in [0.25, 0.3) is 0 Å². The van der Waals surface area contributed by atoms with Crippen LogP contribution >= 0.6 is 0 Å². The second-order valence-corrected chi connectivity index (χ2v) is 9.53. The van der Waals surface area contributed by atoms with E-state index in [1.807, 2.05) is 48.5 Å². The van der Waals surface area contributed by atoms with E-state index in [1.165, 1.54) is 32.2 Å². The van der Waals surface area contributed by atoms with Crippen molar-refractivity contribution in [3.05, 3.63) is 138 Å². The zero-order chi connectivity index (χ0) is 29.6. The predicted molar refractivity (Wildman–Crippen MR) is 158 cm³/mol. The summed E-state index contributed by atoms with van der Waals surface area (Å²) < 4.78 is 10.9. The van der Waals surface area contributed by atoms with Gasteiger partial charge in [0.05, 0.1) is 5.56 Å². The first-order chi connectivity index (χ1) is 20.3. The van der Waals surface area contributed by atoms with E-state index in [-0.39, 0.29) is 22.8 Å². The molecule has 0 spiro atoms. The minimum Gasteiger partial charge on any atom is -0.423 e. The van der Waals surface area contributed by atoms with Crippen LogP contribution in [0.1, 0.15) is 55.4 Å². The number of carbonyl (C=O) groups is 4. The summed E-state index contributed by atoms with van der Waals surface area (Å²) in [7, 11) is 0. The quantitative estimate of drug-likeness (QED) is 0.113. The van der Waals surface area contributed by atoms with Gasteiger partial charge in [-0.2, -0.15) is 0 Å². The summed E-state index contributed by atoms with van der Waals surface area (Å²) in [5.41, 5.74) is 5.17. The van der Waals surface area contributed by atoms with E-state index < -0.39 is 11.9 Å². The highest BCUT2D eigenvalue weighted by Gasteiger charge is 2.14. The smallest absolute Gasteiger partial charge is 0.362 e. The summed E-state index contributed by atoms with van der Waals surface area (Å²) in [6.45, 7) is 3.04. The number of nitrogens with zero attached hydrogens (tertiary/aromatic N) is 1. The van der Waals surface area contributed by atoms with Crippen LogP contribution in [-0.2, 0) is 0 Å². The molecule has 0 aliphatic carbocycles. The van der Waals surface area contributed by atoms with Crippen LogP contribution in [0.4, 0.5) is 0 Å². The number of Topliss-reactive ketones (excluding diaryl/α,β-unsaturated/α-hetero) is 2. The Bertz CT molecular complexity index is 1620. The maximum atomic E-state index is 12.6. The molecule has 4 aromatic carbocycles. The van der Waals surface area contributed by atoms with E-state index in [1.54, 1.807) is 48.5 Å². The normalized spacial score (nSPS) is 10.5. The number of aromatic nitrogens is 1. The van der Waals surface area contributed by atoms with Crippen LogP contribution in [0.3, 0.4) is 0 Å². The molecule has 0 aliphatic heterocycles. The van der Waals surface area contributed by atoms with Gasteiger partial charge < -0.3 is 9.47 Å². The van der Waals surface area contributed by atoms with Gasteiger partial charge in [-0.05, 0) is 72.5 Å². The summed E-state index contributed by atoms with van der Waals surface area (Å²) in [6, 6.07) is 31.3. The van der Waals surface area contributed by atoms with Gasteiger partial charge in [-0.1, -0.05) is 72.8 Å². The lowest BCUT2D eigenvalue weighted by atomic mass is 10.0. The van der Waals surface area contributed by atoms with Crippen molar-refractivity contribution in [3.63, 3.8) is 0 Å². The lowest BCUT2D eigenvalue weighted by Crippen LogP contribution is -2.13. The molecule has 0 fully saturated rings. The third kappa shape index (κ3) is 6.54. The van der Waals surface area contributed by atoms with Crippen LogP contribution in [0, 0.1) is 0 Å². The van der Waals surface area contributed by atoms with Crippen LogP contribution in [0.25, 0.3) is 22.3 Å². The number of pyridine rings is 1. The van der Waals surface area contributed by atoms with Gasteiger partial charge in [-0.15, -0.1) is 0 Å². The summed E-state index contributed by atoms with van der Waals surface area (Å²) >= 11 is 0. The molecular weight excluding hydrogens is 530 g/mol. The Morgan fingerprint density at radius 2 is 0.810 bits per heavy atom. The van der Waals surface area contributed by atoms with E-state index in [0.717, 1.165) is 22.3 Å². The minimum atomic E-state index is -0.666. The highest BCUT2D eigenvalue weighted by Crippen LogP contribution is 2.25. The summed E-state index contributed by atoms with van der Waals surface area (Å²) in [5, 5.41) is 0. The number of carbonyl (C=O) groups excluding carboxylic acids is 4. The Kier molecular flexibility index (Phi) is 8.11. The fraction of sp³-hybridized carbons (Fsp3) is 0.0571. The lowest BCUT2D eigenvalue weighted by molar-refractivity contribution is 0.0715. The zero-order valence-corrected chi connectivity index (χ0v) is 22.9. The molecule has 5 aromatic rings. The van der Waals surface area contributed by atoms with Gasteiger partial charge in [0, 0.05) is 17.3 Å². The molecular formula is C35H25NO6. The van der Waals surface area contributed by atoms with Gasteiger partial charge in [0.1, 0.15) is 17.2 Å². The van der Waals surface area contributed by atoms with Crippen molar-refractivity contribution >= 4 is 23.5 Å². The molecule has 0 radical (unpaired) electrons. The fourth-order valence-corrected chi connectivity index (χ4v) is 4.19. The number of benzene rings is 4. The molecule has 0 amide bonds. The summed E-state index contributed by atoms with van der Waals surface area (Å²) in [5.74, 6) is -0.584. The van der Waals surface area contributed by atoms with Crippen LogP contribution < -0.4 is 9.47 Å². The van der Waals surface area contributed by atoms with Crippen molar-refractivity contribution in [2.75, 3.05) is 0 Å². The molecule has 42 heavy (non-hydrogen) atoms. The monoisotopic (exact) mass is 555 g/mol. The van der Waals surface area contributed by atoms with Crippen molar-refractivity contribution in [2.45, 2.75) is 13.8 Å². The number of hydrogen-bond acceptors (Lipinski definition) is 7. The van der Waals surface area contributed by atoms with Gasteiger partial charge in [0.15, 0.2) is 11.6 Å². The van der Waals surface area contributed by atoms with E-state index in [4.69, 9.17) is 9.47 Å². The number of hydrogen-bond donors (Lipinski definition) is 0. The van der Waals surface area contributed by atoms with Gasteiger partial charge in [-0.25, -0.2) is 14.6 Å². The Hall–Kier alpha value is -5.69. The van der Waals surface area contributed by atoms with Crippen LogP contribution in [0.5, 0.6) is 11.5 Å². The molecule has 0 N–H and O–H groups in total. The molecule has 0 bridgehead atoms. The molecule has 7 nitrogen and oxygen atoms in total. The Morgan fingerprint density at radius 1 is 0.452 bits per heavy atom. The first kappa shape index (κ1) is 27.9. The van der Waals surface area contributed by atoms with Crippen molar-refractivity contribution in [3.8, 4) is 33.8 Å². The maximum Gasteiger partial charge on any atom is 0.362 e. The predicted octanol–water partition coefficient (Wildman–Crippen LogP) is 7.26. The first-order valence-corrected chi connectivity index (χ1v) is 13.1. The van der Waals surface area contributed by atoms with Crippen LogP contribution in [0.2, 0.25) is 0 Å². The zero-order valence-electron chi connectivity index (χ0n) is 22.9. The average Bonchev–Trinajstić information content (AvgIpc) is 3.02. The fourth-order valence-electron chi connectivity index (χ4n) is 4.19. The van der Waals surface area contributed by atoms with Crippen molar-refractivity contribution < 1.29 is 28.7 Å². The molecule has 1 heterocycles. The van der Waals surface area contributed by atoms with Crippen molar-refractivity contribution in [1.82, 2.24) is 4.98 Å². The molecule has 7 heteroatoms. The Morgan fingerprint density at radius 3 is 1.17 bits per heavy atom. The highest BCUT2D eigenvalue weighted by molar-refractivity contribution is 5.95. The average molecular weight is 556 g/mol. The molecule has 5 rings (SSSR count). The SMILES string of the molecule is CC(=O)c1ccc(-c2ccc(OC(=O)c3ccc(C(=O)Oc4ccc(-c5ccc(C(C)=O)cc5)cc4)nc3)cc2)cc1. The number of ether oxygens (including phenoxy) is 2. The maximum absolute atomic E-state index is 12.6. The highest BCUT2D eigenvalue weighted by atomic mass is 16.5. The molecule has 0 unspecified atom stereocenters. The topological polar surface area (TPSA) is 99.6 Å². The number of esters is 2. The van der Waals surface area contributed by atoms with Crippen molar-refractivity contribution in [2.24, 2.45) is 0 Å². The second kappa shape index (κ2) is 12.2. The lowest BCUT2D eigenvalue weighted by Gasteiger charge is -2.08. The van der Waals surface area contributed by atoms with Gasteiger partial charge in [0.2, 0.25) is 0 Å². The Labute approximate surface area is 242 Å². The summed E-state index contributed by atoms with van der Waals surface area (Å²) in [6.07, 6.45) is 1.26. The first-order valence-electron chi connectivity index (χ1n) is 13.1. The van der Waals surface area contributed by atoms with Gasteiger partial charge >= 0.3 is 11.9 Å². The molecule has 0 atom stereocenters. The minimum absolute atomic E-state index is 0.00310. The molecule has 0 aliphatic rings. The standard InChI is InChI=1S/C35H25NO6/c1-22(37)24-3-7-26(8-4-24)28-11-16-31(17-12-28)41-34(39)30-15-20-33(36-21-30)35(40)42-32-18-13-29(14-19-32)27-9-5-25(6-10-27)23(2)38/h3-21H,1-2H3. The largest absolute Gasteiger partial charge is 0.423 e. The van der Waals surface area contributed by atoms with Crippen molar-refractivity contribution in [1.29, 1.82) is 0 Å². The van der Waals surface area contributed by atoms with Crippen LogP contribution in [-0.4, -0.2) is 28.5 Å². The molecule has 206 valence electrons. The molecule has 1 aromatic heterocycles. The van der Waals surface area contributed by atoms with Gasteiger partial charge in [-0.3, -0.25) is 9.59 Å². The van der Waals surface area contributed by atoms with Crippen LogP contribution in [0.15, 0.2) is 115 Å². The van der Waals surface area contributed by atoms with E-state index in [0.29, 0.717) is 22.6 Å². The molecule has 0 saturated carbocycles. The number of rotatable bonds is 8. The second-order valence-electron chi connectivity index (χ2n) is 9.53. The van der Waals surface area contributed by atoms with E-state index in [9.17, 15) is 19.2 Å². The third-order valence-electron chi connectivity index (χ3n) is 6.59. The Balaban J connectivity index is 1.17. The van der Waals surface area contributed by atoms with E-state index in [2.05, 4.69) is 4.98 Å². The molecule has 0 saturated heterocycles. The van der Waals surface area contributed by atoms with E-state index >= 15 is 0 Å². The third-order valence-corrected chi connectivity index (χ3v) is 6.59. The summed E-state index contributed by atoms with van der Waals surface area (Å²) in [4.78, 5) is 52.2.